The number of aliphatic hydroxyl groups is 2. The average molecular weight is 489 g/mol. The number of allylic oxidation sites excluding steroid dienone is 3. The number of carbonyl (C=O) groups excluding carboxylic acids is 2. The van der Waals surface area contributed by atoms with E-state index in [1.54, 1.807) is 32.1 Å². The number of aromatic nitrogens is 1. The third kappa shape index (κ3) is 7.45. The van der Waals surface area contributed by atoms with E-state index in [2.05, 4.69) is 16.4 Å². The van der Waals surface area contributed by atoms with Gasteiger partial charge in [-0.2, -0.15) is 0 Å². The lowest BCUT2D eigenvalue weighted by Crippen LogP contribution is -2.46. The van der Waals surface area contributed by atoms with Crippen molar-refractivity contribution in [2.75, 3.05) is 6.54 Å². The van der Waals surface area contributed by atoms with Gasteiger partial charge in [0.1, 0.15) is 5.78 Å². The van der Waals surface area contributed by atoms with Crippen LogP contribution in [0, 0.1) is 30.1 Å². The molecule has 0 bridgehead atoms. The predicted molar refractivity (Wildman–Crippen MR) is 138 cm³/mol. The summed E-state index contributed by atoms with van der Waals surface area (Å²) >= 11 is 1.59. The SMILES string of the molecule is CC1=C[C@@H](C(C)=Cc2csc(C)n2)CNC(=O)C[C@H](O)C(C)(C)C(=O)[C@H](C)[C@@H](O)[C@@H](C)C/C=C/1. The number of carbonyl (C=O) groups is 2. The summed E-state index contributed by atoms with van der Waals surface area (Å²) in [4.78, 5) is 30.3. The maximum atomic E-state index is 13.1. The van der Waals surface area contributed by atoms with E-state index in [9.17, 15) is 19.8 Å². The summed E-state index contributed by atoms with van der Waals surface area (Å²) in [6, 6.07) is 0. The standard InChI is InChI=1S/C27H40N2O4S/c1-16-9-8-10-17(2)25(32)19(4)26(33)27(6,7)23(30)13-24(31)28-14-21(11-16)18(3)12-22-15-34-20(5)29-22/h8-9,11-12,15,17,19,21,23,25,30,32H,10,13-14H2,1-7H3,(H,28,31)/b9-8+,16-11?,18-12?/t17-,19+,21+,23-,25-/m0/s1. The van der Waals surface area contributed by atoms with Crippen molar-refractivity contribution in [3.05, 3.63) is 45.5 Å². The number of nitrogens with zero attached hydrogens (tertiary/aromatic N) is 1. The van der Waals surface area contributed by atoms with Gasteiger partial charge in [-0.15, -0.1) is 11.3 Å². The lowest BCUT2D eigenvalue weighted by Gasteiger charge is -2.34. The number of amides is 1. The van der Waals surface area contributed by atoms with E-state index in [1.165, 1.54) is 0 Å². The number of aliphatic hydroxyl groups excluding tert-OH is 2. The van der Waals surface area contributed by atoms with Gasteiger partial charge in [-0.3, -0.25) is 9.59 Å². The topological polar surface area (TPSA) is 99.5 Å². The van der Waals surface area contributed by atoms with Gasteiger partial charge in [0.05, 0.1) is 34.7 Å². The Morgan fingerprint density at radius 2 is 1.91 bits per heavy atom. The maximum absolute atomic E-state index is 13.1. The fourth-order valence-electron chi connectivity index (χ4n) is 4.24. The van der Waals surface area contributed by atoms with Gasteiger partial charge in [0.15, 0.2) is 0 Å². The van der Waals surface area contributed by atoms with Gasteiger partial charge in [-0.25, -0.2) is 4.98 Å². The zero-order chi connectivity index (χ0) is 25.6. The first kappa shape index (κ1) is 28.1. The van der Waals surface area contributed by atoms with Crippen LogP contribution >= 0.6 is 11.3 Å². The number of thiazole rings is 1. The van der Waals surface area contributed by atoms with Crippen LogP contribution < -0.4 is 5.32 Å². The molecule has 0 saturated carbocycles. The van der Waals surface area contributed by atoms with Gasteiger partial charge >= 0.3 is 0 Å². The van der Waals surface area contributed by atoms with Crippen LogP contribution in [0.25, 0.3) is 6.08 Å². The molecule has 0 spiro atoms. The zero-order valence-corrected chi connectivity index (χ0v) is 22.3. The lowest BCUT2D eigenvalue weighted by molar-refractivity contribution is -0.143. The number of Topliss-reactive ketones (excluding diaryl/α,β-unsaturated/α-hetero) is 1. The molecular weight excluding hydrogens is 448 g/mol. The van der Waals surface area contributed by atoms with Crippen molar-refractivity contribution >= 4 is 29.1 Å². The molecule has 0 fully saturated rings. The van der Waals surface area contributed by atoms with Gasteiger partial charge in [0.25, 0.3) is 0 Å². The molecule has 1 amide bonds. The van der Waals surface area contributed by atoms with Crippen molar-refractivity contribution in [2.45, 2.75) is 73.5 Å². The molecule has 0 radical (unpaired) electrons. The van der Waals surface area contributed by atoms with Crippen molar-refractivity contribution in [2.24, 2.45) is 23.2 Å². The Morgan fingerprint density at radius 3 is 2.53 bits per heavy atom. The van der Waals surface area contributed by atoms with Crippen LogP contribution in [0.5, 0.6) is 0 Å². The molecule has 3 N–H and O–H groups in total. The van der Waals surface area contributed by atoms with E-state index in [0.717, 1.165) is 21.8 Å². The van der Waals surface area contributed by atoms with Crippen LogP contribution in [0.15, 0.2) is 34.8 Å². The molecule has 2 rings (SSSR count). The summed E-state index contributed by atoms with van der Waals surface area (Å²) in [7, 11) is 0. The van der Waals surface area contributed by atoms with Gasteiger partial charge in [0.2, 0.25) is 5.91 Å². The summed E-state index contributed by atoms with van der Waals surface area (Å²) < 4.78 is 0. The first-order valence-corrected chi connectivity index (χ1v) is 12.8. The monoisotopic (exact) mass is 488 g/mol. The molecule has 188 valence electrons. The van der Waals surface area contributed by atoms with Crippen LogP contribution in [0.3, 0.4) is 0 Å². The molecule has 0 aliphatic carbocycles. The molecule has 1 aromatic rings. The van der Waals surface area contributed by atoms with E-state index in [4.69, 9.17) is 0 Å². The largest absolute Gasteiger partial charge is 0.392 e. The molecule has 34 heavy (non-hydrogen) atoms. The third-order valence-electron chi connectivity index (χ3n) is 6.82. The Morgan fingerprint density at radius 1 is 1.24 bits per heavy atom. The molecule has 1 aliphatic rings. The number of aryl methyl sites for hydroxylation is 1. The second kappa shape index (κ2) is 12.0. The molecule has 6 nitrogen and oxygen atoms in total. The van der Waals surface area contributed by atoms with E-state index in [1.807, 2.05) is 51.3 Å². The number of ketones is 1. The van der Waals surface area contributed by atoms with Crippen LogP contribution in [-0.2, 0) is 9.59 Å². The van der Waals surface area contributed by atoms with E-state index in [0.29, 0.717) is 13.0 Å². The quantitative estimate of drug-likeness (QED) is 0.570. The minimum atomic E-state index is -1.15. The fraction of sp³-hybridized carbons (Fsp3) is 0.593. The highest BCUT2D eigenvalue weighted by Crippen LogP contribution is 2.31. The molecular formula is C27H40N2O4S. The second-order valence-corrected chi connectivity index (χ2v) is 11.3. The van der Waals surface area contributed by atoms with Crippen molar-refractivity contribution < 1.29 is 19.8 Å². The van der Waals surface area contributed by atoms with Gasteiger partial charge in [-0.05, 0) is 39.2 Å². The smallest absolute Gasteiger partial charge is 0.222 e. The zero-order valence-electron chi connectivity index (χ0n) is 21.5. The molecule has 7 heteroatoms. The third-order valence-corrected chi connectivity index (χ3v) is 7.62. The summed E-state index contributed by atoms with van der Waals surface area (Å²) in [5.74, 6) is -1.39. The Kier molecular flexibility index (Phi) is 9.97. The summed E-state index contributed by atoms with van der Waals surface area (Å²) in [6.45, 7) is 13.3. The number of hydrogen-bond donors (Lipinski definition) is 3. The average Bonchev–Trinajstić information content (AvgIpc) is 3.18. The van der Waals surface area contributed by atoms with Crippen molar-refractivity contribution in [3.8, 4) is 0 Å². The van der Waals surface area contributed by atoms with Crippen LogP contribution in [-0.4, -0.2) is 45.6 Å². The Balaban J connectivity index is 2.37. The van der Waals surface area contributed by atoms with E-state index >= 15 is 0 Å². The van der Waals surface area contributed by atoms with Gasteiger partial charge in [-0.1, -0.05) is 57.1 Å². The maximum Gasteiger partial charge on any atom is 0.222 e. The number of hydrogen-bond acceptors (Lipinski definition) is 6. The minimum absolute atomic E-state index is 0.0571. The molecule has 0 aromatic carbocycles. The molecule has 0 saturated heterocycles. The van der Waals surface area contributed by atoms with Crippen molar-refractivity contribution in [3.63, 3.8) is 0 Å². The van der Waals surface area contributed by atoms with Crippen molar-refractivity contribution in [1.29, 1.82) is 0 Å². The summed E-state index contributed by atoms with van der Waals surface area (Å²) in [5.41, 5.74) is 1.85. The van der Waals surface area contributed by atoms with Crippen LogP contribution in [0.1, 0.15) is 65.1 Å². The van der Waals surface area contributed by atoms with E-state index in [-0.39, 0.29) is 29.9 Å². The van der Waals surface area contributed by atoms with Crippen molar-refractivity contribution in [1.82, 2.24) is 10.3 Å². The number of nitrogens with one attached hydrogen (secondary N) is 1. The highest BCUT2D eigenvalue weighted by Gasteiger charge is 2.41. The highest BCUT2D eigenvalue weighted by molar-refractivity contribution is 7.09. The first-order chi connectivity index (χ1) is 15.8. The second-order valence-electron chi connectivity index (χ2n) is 10.2. The van der Waals surface area contributed by atoms with E-state index < -0.39 is 23.5 Å². The summed E-state index contributed by atoms with van der Waals surface area (Å²) in [6.07, 6.45) is 6.63. The van der Waals surface area contributed by atoms with Crippen LogP contribution in [0.4, 0.5) is 0 Å². The fourth-order valence-corrected chi connectivity index (χ4v) is 4.81. The number of rotatable bonds is 2. The van der Waals surface area contributed by atoms with Gasteiger partial charge in [0, 0.05) is 23.8 Å². The van der Waals surface area contributed by atoms with Crippen LogP contribution in [0.2, 0.25) is 0 Å². The molecule has 0 unspecified atom stereocenters. The van der Waals surface area contributed by atoms with Gasteiger partial charge < -0.3 is 15.5 Å². The molecule has 5 atom stereocenters. The minimum Gasteiger partial charge on any atom is -0.392 e. The Labute approximate surface area is 207 Å². The highest BCUT2D eigenvalue weighted by atomic mass is 32.1. The Bertz CT molecular complexity index is 960. The predicted octanol–water partition coefficient (Wildman–Crippen LogP) is 4.47. The molecule has 1 aliphatic heterocycles. The normalized spacial score (nSPS) is 31.0. The first-order valence-electron chi connectivity index (χ1n) is 11.9. The lowest BCUT2D eigenvalue weighted by atomic mass is 9.73. The molecule has 1 aromatic heterocycles. The Hall–Kier alpha value is -2.09. The summed E-state index contributed by atoms with van der Waals surface area (Å²) in [5, 5.41) is 27.5. The molecule has 2 heterocycles.